The van der Waals surface area contributed by atoms with Gasteiger partial charge in [-0.2, -0.15) is 10.4 Å². The van der Waals surface area contributed by atoms with Gasteiger partial charge in [0.05, 0.1) is 31.5 Å². The van der Waals surface area contributed by atoms with Crippen LogP contribution in [0, 0.1) is 11.3 Å². The molecule has 3 aromatic rings. The van der Waals surface area contributed by atoms with Crippen LogP contribution in [-0.4, -0.2) is 29.9 Å². The molecule has 1 heterocycles. The third-order valence-electron chi connectivity index (χ3n) is 4.14. The number of hydrogen-bond acceptors (Lipinski definition) is 6. The molecule has 2 aromatic carbocycles. The molecule has 0 unspecified atom stereocenters. The van der Waals surface area contributed by atoms with Crippen LogP contribution in [-0.2, 0) is 11.3 Å². The van der Waals surface area contributed by atoms with Gasteiger partial charge in [0.2, 0.25) is 5.91 Å². The second kappa shape index (κ2) is 8.71. The maximum Gasteiger partial charge on any atom is 0.267 e. The lowest BCUT2D eigenvalue weighted by Gasteiger charge is -2.12. The molecular weight excluding hydrogens is 372 g/mol. The van der Waals surface area contributed by atoms with Gasteiger partial charge in [0.1, 0.15) is 18.0 Å². The average molecular weight is 390 g/mol. The summed E-state index contributed by atoms with van der Waals surface area (Å²) in [5.74, 6) is 0.753. The van der Waals surface area contributed by atoms with Gasteiger partial charge in [0.15, 0.2) is 0 Å². The lowest BCUT2D eigenvalue weighted by molar-refractivity contribution is -0.117. The molecule has 1 N–H and O–H groups in total. The number of benzene rings is 2. The number of ether oxygens (including phenoxy) is 2. The van der Waals surface area contributed by atoms with Crippen LogP contribution in [0.2, 0.25) is 0 Å². The summed E-state index contributed by atoms with van der Waals surface area (Å²) in [7, 11) is 3.08. The smallest absolute Gasteiger partial charge is 0.267 e. The van der Waals surface area contributed by atoms with Crippen molar-refractivity contribution < 1.29 is 14.3 Å². The van der Waals surface area contributed by atoms with E-state index < -0.39 is 11.5 Å². The highest BCUT2D eigenvalue weighted by atomic mass is 16.5. The van der Waals surface area contributed by atoms with Crippen molar-refractivity contribution in [2.75, 3.05) is 19.5 Å². The number of methoxy groups -OCH3 is 2. The van der Waals surface area contributed by atoms with Gasteiger partial charge in [0, 0.05) is 17.3 Å². The summed E-state index contributed by atoms with van der Waals surface area (Å²) in [6.45, 7) is -0.265. The molecule has 0 aliphatic carbocycles. The minimum absolute atomic E-state index is 0.265. The molecule has 3 rings (SSSR count). The van der Waals surface area contributed by atoms with E-state index in [1.165, 1.54) is 13.2 Å². The SMILES string of the molecule is COc1ccc(OC)c(-c2ccc(=O)n(CC(=O)Nc3ccc(C#N)cc3)n2)c1. The zero-order chi connectivity index (χ0) is 20.8. The maximum absolute atomic E-state index is 12.3. The van der Waals surface area contributed by atoms with E-state index in [-0.39, 0.29) is 6.54 Å². The molecule has 8 heteroatoms. The van der Waals surface area contributed by atoms with E-state index in [1.54, 1.807) is 55.6 Å². The van der Waals surface area contributed by atoms with Crippen LogP contribution in [0.25, 0.3) is 11.3 Å². The van der Waals surface area contributed by atoms with E-state index in [9.17, 15) is 9.59 Å². The molecule has 29 heavy (non-hydrogen) atoms. The van der Waals surface area contributed by atoms with Gasteiger partial charge in [-0.15, -0.1) is 0 Å². The number of rotatable bonds is 6. The second-order valence-electron chi connectivity index (χ2n) is 6.02. The van der Waals surface area contributed by atoms with Crippen molar-refractivity contribution in [2.24, 2.45) is 0 Å². The number of carbonyl (C=O) groups is 1. The number of carbonyl (C=O) groups excluding carboxylic acids is 1. The standard InChI is InChI=1S/C21H18N4O4/c1-28-16-7-9-19(29-2)17(11-16)18-8-10-21(27)25(24-18)13-20(26)23-15-5-3-14(12-22)4-6-15/h3-11H,13H2,1-2H3,(H,23,26). The molecule has 146 valence electrons. The Kier molecular flexibility index (Phi) is 5.90. The van der Waals surface area contributed by atoms with Crippen molar-refractivity contribution in [1.29, 1.82) is 5.26 Å². The third-order valence-corrected chi connectivity index (χ3v) is 4.14. The van der Waals surface area contributed by atoms with E-state index in [0.29, 0.717) is 34.0 Å². The summed E-state index contributed by atoms with van der Waals surface area (Å²) in [5, 5.41) is 15.8. The number of anilines is 1. The van der Waals surface area contributed by atoms with Crippen LogP contribution >= 0.6 is 0 Å². The van der Waals surface area contributed by atoms with Crippen LogP contribution < -0.4 is 20.3 Å². The average Bonchev–Trinajstić information content (AvgIpc) is 2.75. The van der Waals surface area contributed by atoms with Crippen LogP contribution in [0.3, 0.4) is 0 Å². The highest BCUT2D eigenvalue weighted by Gasteiger charge is 2.13. The van der Waals surface area contributed by atoms with Gasteiger partial charge in [-0.25, -0.2) is 4.68 Å². The van der Waals surface area contributed by atoms with Gasteiger partial charge in [-0.1, -0.05) is 0 Å². The topological polar surface area (TPSA) is 106 Å². The number of hydrogen-bond donors (Lipinski definition) is 1. The van der Waals surface area contributed by atoms with Crippen molar-refractivity contribution >= 4 is 11.6 Å². The number of nitrogens with zero attached hydrogens (tertiary/aromatic N) is 3. The fourth-order valence-electron chi connectivity index (χ4n) is 2.68. The molecular formula is C21H18N4O4. The van der Waals surface area contributed by atoms with Gasteiger partial charge >= 0.3 is 0 Å². The summed E-state index contributed by atoms with van der Waals surface area (Å²) < 4.78 is 11.7. The first-order valence-electron chi connectivity index (χ1n) is 8.64. The summed E-state index contributed by atoms with van der Waals surface area (Å²) in [6, 6.07) is 16.6. The van der Waals surface area contributed by atoms with E-state index >= 15 is 0 Å². The Bertz CT molecular complexity index is 1130. The molecule has 0 atom stereocenters. The zero-order valence-electron chi connectivity index (χ0n) is 15.9. The third kappa shape index (κ3) is 4.59. The number of amides is 1. The maximum atomic E-state index is 12.3. The van der Waals surface area contributed by atoms with Gasteiger partial charge < -0.3 is 14.8 Å². The van der Waals surface area contributed by atoms with Gasteiger partial charge in [0.25, 0.3) is 5.56 Å². The molecule has 0 radical (unpaired) electrons. The van der Waals surface area contributed by atoms with E-state index in [4.69, 9.17) is 14.7 Å². The first-order chi connectivity index (χ1) is 14.0. The van der Waals surface area contributed by atoms with Crippen molar-refractivity contribution in [2.45, 2.75) is 6.54 Å². The first-order valence-corrected chi connectivity index (χ1v) is 8.64. The molecule has 0 aliphatic heterocycles. The van der Waals surface area contributed by atoms with Gasteiger partial charge in [-0.05, 0) is 48.5 Å². The minimum atomic E-state index is -0.418. The quantitative estimate of drug-likeness (QED) is 0.693. The van der Waals surface area contributed by atoms with Crippen LogP contribution in [0.4, 0.5) is 5.69 Å². The fourth-order valence-corrected chi connectivity index (χ4v) is 2.68. The molecule has 0 saturated carbocycles. The first kappa shape index (κ1) is 19.6. The Balaban J connectivity index is 1.85. The Hall–Kier alpha value is -4.12. The predicted octanol–water partition coefficient (Wildman–Crippen LogP) is 2.44. The Morgan fingerprint density at radius 1 is 1.10 bits per heavy atom. The van der Waals surface area contributed by atoms with Crippen molar-refractivity contribution in [3.63, 3.8) is 0 Å². The Morgan fingerprint density at radius 3 is 2.52 bits per heavy atom. The molecule has 1 aromatic heterocycles. The molecule has 1 amide bonds. The Labute approximate surface area is 166 Å². The highest BCUT2D eigenvalue weighted by molar-refractivity contribution is 5.90. The fraction of sp³-hybridized carbons (Fsp3) is 0.143. The molecule has 0 saturated heterocycles. The molecule has 8 nitrogen and oxygen atoms in total. The van der Waals surface area contributed by atoms with E-state index in [0.717, 1.165) is 4.68 Å². The number of aromatic nitrogens is 2. The molecule has 0 bridgehead atoms. The Morgan fingerprint density at radius 2 is 1.86 bits per heavy atom. The van der Waals surface area contributed by atoms with Crippen molar-refractivity contribution in [1.82, 2.24) is 9.78 Å². The zero-order valence-corrected chi connectivity index (χ0v) is 15.9. The monoisotopic (exact) mass is 390 g/mol. The van der Waals surface area contributed by atoms with E-state index in [1.807, 2.05) is 6.07 Å². The lowest BCUT2D eigenvalue weighted by Crippen LogP contribution is -2.29. The molecule has 0 fully saturated rings. The van der Waals surface area contributed by atoms with Crippen LogP contribution in [0.15, 0.2) is 59.4 Å². The highest BCUT2D eigenvalue weighted by Crippen LogP contribution is 2.31. The summed E-state index contributed by atoms with van der Waals surface area (Å²) >= 11 is 0. The van der Waals surface area contributed by atoms with Gasteiger partial charge in [-0.3, -0.25) is 9.59 Å². The largest absolute Gasteiger partial charge is 0.497 e. The summed E-state index contributed by atoms with van der Waals surface area (Å²) in [5.41, 5.74) is 1.69. The van der Waals surface area contributed by atoms with E-state index in [2.05, 4.69) is 10.4 Å². The van der Waals surface area contributed by atoms with Crippen LogP contribution in [0.1, 0.15) is 5.56 Å². The summed E-state index contributed by atoms with van der Waals surface area (Å²) in [6.07, 6.45) is 0. The molecule has 0 spiro atoms. The second-order valence-corrected chi connectivity index (χ2v) is 6.02. The molecule has 0 aliphatic rings. The predicted molar refractivity (Wildman–Crippen MR) is 107 cm³/mol. The summed E-state index contributed by atoms with van der Waals surface area (Å²) in [4.78, 5) is 24.5. The number of nitriles is 1. The van der Waals surface area contributed by atoms with Crippen molar-refractivity contribution in [3.8, 4) is 28.8 Å². The normalized spacial score (nSPS) is 10.1. The van der Waals surface area contributed by atoms with Crippen molar-refractivity contribution in [3.05, 3.63) is 70.5 Å². The number of nitrogens with one attached hydrogen (secondary N) is 1. The lowest BCUT2D eigenvalue weighted by atomic mass is 10.1. The minimum Gasteiger partial charge on any atom is -0.497 e. The van der Waals surface area contributed by atoms with Crippen LogP contribution in [0.5, 0.6) is 11.5 Å².